The first kappa shape index (κ1) is 14.2. The van der Waals surface area contributed by atoms with Gasteiger partial charge in [-0.1, -0.05) is 34.1 Å². The maximum Gasteiger partial charge on any atom is 0.250 e. The van der Waals surface area contributed by atoms with Crippen molar-refractivity contribution in [1.82, 2.24) is 9.47 Å². The lowest BCUT2D eigenvalue weighted by atomic mass is 9.83. The number of rotatable bonds is 2. The molecule has 22 heavy (non-hydrogen) atoms. The molecule has 4 rings (SSSR count). The van der Waals surface area contributed by atoms with Gasteiger partial charge in [0.2, 0.25) is 0 Å². The lowest BCUT2D eigenvalue weighted by Gasteiger charge is -2.42. The maximum atomic E-state index is 12.0. The first-order chi connectivity index (χ1) is 10.7. The van der Waals surface area contributed by atoms with Gasteiger partial charge in [0.05, 0.1) is 0 Å². The summed E-state index contributed by atoms with van der Waals surface area (Å²) in [4.78, 5) is 14.6. The average molecular weight is 359 g/mol. The van der Waals surface area contributed by atoms with E-state index in [1.54, 1.807) is 6.07 Å². The molecule has 0 aliphatic carbocycles. The minimum absolute atomic E-state index is 0.161. The molecule has 0 radical (unpaired) electrons. The van der Waals surface area contributed by atoms with Crippen molar-refractivity contribution in [3.05, 3.63) is 68.5 Å². The summed E-state index contributed by atoms with van der Waals surface area (Å²) in [5, 5.41) is 0. The zero-order chi connectivity index (χ0) is 15.1. The molecule has 2 aliphatic heterocycles. The van der Waals surface area contributed by atoms with Crippen molar-refractivity contribution in [2.75, 3.05) is 13.1 Å². The monoisotopic (exact) mass is 358 g/mol. The summed E-state index contributed by atoms with van der Waals surface area (Å²) in [6.07, 6.45) is 1.22. The van der Waals surface area contributed by atoms with E-state index in [4.69, 9.17) is 0 Å². The van der Waals surface area contributed by atoms with Crippen molar-refractivity contribution in [2.45, 2.75) is 25.4 Å². The van der Waals surface area contributed by atoms with E-state index in [1.165, 1.54) is 17.7 Å². The van der Waals surface area contributed by atoms with Crippen LogP contribution in [0.3, 0.4) is 0 Å². The molecule has 1 aromatic heterocycles. The number of nitrogens with zero attached hydrogens (tertiary/aromatic N) is 2. The van der Waals surface area contributed by atoms with Crippen LogP contribution < -0.4 is 5.56 Å². The van der Waals surface area contributed by atoms with Crippen LogP contribution in [0, 0.1) is 5.92 Å². The Bertz CT molecular complexity index is 737. The number of fused-ring (bicyclic) bond motifs is 4. The molecule has 2 aromatic rings. The number of benzene rings is 1. The molecule has 0 amide bonds. The van der Waals surface area contributed by atoms with Crippen molar-refractivity contribution in [3.8, 4) is 0 Å². The molecule has 114 valence electrons. The highest BCUT2D eigenvalue weighted by molar-refractivity contribution is 9.10. The summed E-state index contributed by atoms with van der Waals surface area (Å²) in [5.74, 6) is 1.10. The molecule has 2 atom stereocenters. The van der Waals surface area contributed by atoms with Gasteiger partial charge < -0.3 is 4.57 Å². The fourth-order valence-electron chi connectivity index (χ4n) is 3.97. The predicted octanol–water partition coefficient (Wildman–Crippen LogP) is 3.23. The quantitative estimate of drug-likeness (QED) is 0.823. The average Bonchev–Trinajstić information content (AvgIpc) is 2.51. The first-order valence-corrected chi connectivity index (χ1v) is 8.65. The second kappa shape index (κ2) is 5.67. The van der Waals surface area contributed by atoms with Crippen molar-refractivity contribution in [1.29, 1.82) is 0 Å². The Morgan fingerprint density at radius 3 is 2.68 bits per heavy atom. The Kier molecular flexibility index (Phi) is 3.66. The lowest BCUT2D eigenvalue weighted by Crippen LogP contribution is -2.46. The summed E-state index contributed by atoms with van der Waals surface area (Å²) in [6.45, 7) is 4.02. The van der Waals surface area contributed by atoms with Gasteiger partial charge in [-0.05, 0) is 36.1 Å². The Morgan fingerprint density at radius 2 is 1.86 bits per heavy atom. The fourth-order valence-corrected chi connectivity index (χ4v) is 4.24. The number of piperidine rings is 1. The van der Waals surface area contributed by atoms with Crippen LogP contribution in [0.5, 0.6) is 0 Å². The molecular weight excluding hydrogens is 340 g/mol. The molecule has 0 unspecified atom stereocenters. The van der Waals surface area contributed by atoms with Gasteiger partial charge in [-0.3, -0.25) is 9.69 Å². The van der Waals surface area contributed by atoms with Crippen LogP contribution in [-0.2, 0) is 13.1 Å². The fraction of sp³-hybridized carbons (Fsp3) is 0.389. The van der Waals surface area contributed by atoms with E-state index in [-0.39, 0.29) is 5.56 Å². The highest BCUT2D eigenvalue weighted by Crippen LogP contribution is 2.35. The molecular formula is C18H19BrN2O. The molecule has 1 fully saturated rings. The van der Waals surface area contributed by atoms with Crippen LogP contribution in [0.2, 0.25) is 0 Å². The van der Waals surface area contributed by atoms with E-state index in [9.17, 15) is 4.79 Å². The van der Waals surface area contributed by atoms with E-state index in [0.29, 0.717) is 11.8 Å². The molecule has 1 aromatic carbocycles. The van der Waals surface area contributed by atoms with Gasteiger partial charge >= 0.3 is 0 Å². The smallest absolute Gasteiger partial charge is 0.250 e. The molecule has 0 spiro atoms. The Hall–Kier alpha value is -1.39. The minimum Gasteiger partial charge on any atom is -0.312 e. The number of aromatic nitrogens is 1. The van der Waals surface area contributed by atoms with Gasteiger partial charge in [0, 0.05) is 48.3 Å². The van der Waals surface area contributed by atoms with E-state index < -0.39 is 0 Å². The molecule has 0 N–H and O–H groups in total. The Labute approximate surface area is 138 Å². The van der Waals surface area contributed by atoms with Crippen molar-refractivity contribution in [3.63, 3.8) is 0 Å². The van der Waals surface area contributed by atoms with Crippen LogP contribution in [0.4, 0.5) is 0 Å². The lowest BCUT2D eigenvalue weighted by molar-refractivity contribution is 0.114. The molecule has 3 nitrogen and oxygen atoms in total. The number of hydrogen-bond donors (Lipinski definition) is 0. The zero-order valence-electron chi connectivity index (χ0n) is 12.4. The highest BCUT2D eigenvalue weighted by atomic mass is 79.9. The van der Waals surface area contributed by atoms with E-state index in [1.807, 2.05) is 10.6 Å². The van der Waals surface area contributed by atoms with Gasteiger partial charge in [0.15, 0.2) is 0 Å². The third kappa shape index (κ3) is 2.66. The second-order valence-corrected chi connectivity index (χ2v) is 7.43. The maximum absolute atomic E-state index is 12.0. The molecule has 2 bridgehead atoms. The summed E-state index contributed by atoms with van der Waals surface area (Å²) >= 11 is 3.49. The number of likely N-dealkylation sites (tertiary alicyclic amines) is 1. The van der Waals surface area contributed by atoms with Crippen LogP contribution in [0.1, 0.15) is 23.6 Å². The van der Waals surface area contributed by atoms with Gasteiger partial charge in [-0.25, -0.2) is 0 Å². The van der Waals surface area contributed by atoms with Gasteiger partial charge in [-0.15, -0.1) is 0 Å². The highest BCUT2D eigenvalue weighted by Gasteiger charge is 2.34. The summed E-state index contributed by atoms with van der Waals surface area (Å²) in [6, 6.07) is 14.3. The van der Waals surface area contributed by atoms with Crippen LogP contribution in [0.15, 0.2) is 51.7 Å². The van der Waals surface area contributed by atoms with Crippen molar-refractivity contribution >= 4 is 15.9 Å². The molecule has 2 aliphatic rings. The van der Waals surface area contributed by atoms with E-state index >= 15 is 0 Å². The summed E-state index contributed by atoms with van der Waals surface area (Å²) in [7, 11) is 0. The number of halogens is 1. The summed E-state index contributed by atoms with van der Waals surface area (Å²) in [5.41, 5.74) is 2.74. The van der Waals surface area contributed by atoms with Gasteiger partial charge in [0.1, 0.15) is 0 Å². The van der Waals surface area contributed by atoms with Crippen LogP contribution in [0.25, 0.3) is 0 Å². The molecule has 4 heteroatoms. The first-order valence-electron chi connectivity index (χ1n) is 7.85. The molecule has 0 saturated carbocycles. The molecule has 1 saturated heterocycles. The number of hydrogen-bond acceptors (Lipinski definition) is 2. The standard InChI is InChI=1S/C18H19BrN2O/c19-16-6-4-13(5-7-16)9-20-10-14-8-15(12-20)17-2-1-3-18(22)21(17)11-14/h1-7,14-15H,8-12H2/t14-,15+/m1/s1. The Morgan fingerprint density at radius 1 is 1.05 bits per heavy atom. The normalized spacial score (nSPS) is 24.0. The third-order valence-electron chi connectivity index (χ3n) is 4.87. The topological polar surface area (TPSA) is 25.2 Å². The van der Waals surface area contributed by atoms with Gasteiger partial charge in [0.25, 0.3) is 5.56 Å². The second-order valence-electron chi connectivity index (χ2n) is 6.52. The number of pyridine rings is 1. The van der Waals surface area contributed by atoms with Crippen molar-refractivity contribution in [2.24, 2.45) is 5.92 Å². The third-order valence-corrected chi connectivity index (χ3v) is 5.40. The van der Waals surface area contributed by atoms with Gasteiger partial charge in [-0.2, -0.15) is 0 Å². The van der Waals surface area contributed by atoms with Crippen LogP contribution in [-0.4, -0.2) is 22.6 Å². The van der Waals surface area contributed by atoms with Crippen LogP contribution >= 0.6 is 15.9 Å². The largest absolute Gasteiger partial charge is 0.312 e. The minimum atomic E-state index is 0.161. The predicted molar refractivity (Wildman–Crippen MR) is 91.0 cm³/mol. The van der Waals surface area contributed by atoms with E-state index in [0.717, 1.165) is 30.7 Å². The Balaban J connectivity index is 1.56. The molecule has 3 heterocycles. The van der Waals surface area contributed by atoms with E-state index in [2.05, 4.69) is 51.2 Å². The zero-order valence-corrected chi connectivity index (χ0v) is 14.0. The SMILES string of the molecule is O=c1cccc2n1C[C@@H]1C[C@H]2CN(Cc2ccc(Br)cc2)C1. The summed E-state index contributed by atoms with van der Waals surface area (Å²) < 4.78 is 3.12. The van der Waals surface area contributed by atoms with Crippen molar-refractivity contribution < 1.29 is 0 Å².